The Hall–Kier alpha value is -1.07. The normalized spacial score (nSPS) is 10.0. The second kappa shape index (κ2) is 5.72. The van der Waals surface area contributed by atoms with E-state index in [4.69, 9.17) is 15.2 Å². The minimum atomic E-state index is -0.397. The zero-order valence-corrected chi connectivity index (χ0v) is 9.91. The first-order valence-corrected chi connectivity index (χ1v) is 5.15. The zero-order valence-electron chi connectivity index (χ0n) is 8.33. The van der Waals surface area contributed by atoms with Gasteiger partial charge in [0.25, 0.3) is 0 Å². The fourth-order valence-corrected chi connectivity index (χ4v) is 1.22. The number of nitrogens with two attached hydrogens (primary N) is 1. The molecule has 0 heterocycles. The van der Waals surface area contributed by atoms with Gasteiger partial charge in [-0.3, -0.25) is 0 Å². The third kappa shape index (κ3) is 3.53. The SMILES string of the molecule is COCCOC(=O)c1ccc(Br)c(N)c1. The number of esters is 1. The van der Waals surface area contributed by atoms with E-state index in [2.05, 4.69) is 15.9 Å². The molecule has 0 saturated heterocycles. The van der Waals surface area contributed by atoms with Gasteiger partial charge in [-0.15, -0.1) is 0 Å². The van der Waals surface area contributed by atoms with Crippen molar-refractivity contribution < 1.29 is 14.3 Å². The Morgan fingerprint density at radius 1 is 1.47 bits per heavy atom. The first-order chi connectivity index (χ1) is 7.15. The van der Waals surface area contributed by atoms with Crippen LogP contribution in [0.25, 0.3) is 0 Å². The van der Waals surface area contributed by atoms with Gasteiger partial charge in [-0.1, -0.05) is 0 Å². The summed E-state index contributed by atoms with van der Waals surface area (Å²) in [6, 6.07) is 4.93. The standard InChI is InChI=1S/C10H12BrNO3/c1-14-4-5-15-10(13)7-2-3-8(11)9(12)6-7/h2-3,6H,4-5,12H2,1H3. The first-order valence-electron chi connectivity index (χ1n) is 4.36. The molecule has 0 aliphatic carbocycles. The van der Waals surface area contributed by atoms with Crippen LogP contribution in [0.2, 0.25) is 0 Å². The number of carbonyl (C=O) groups excluding carboxylic acids is 1. The Balaban J connectivity index is 2.62. The highest BCUT2D eigenvalue weighted by Gasteiger charge is 2.08. The molecule has 2 N–H and O–H groups in total. The Morgan fingerprint density at radius 3 is 2.80 bits per heavy atom. The van der Waals surface area contributed by atoms with Crippen LogP contribution in [0.3, 0.4) is 0 Å². The van der Waals surface area contributed by atoms with Crippen molar-refractivity contribution in [2.75, 3.05) is 26.1 Å². The molecule has 4 nitrogen and oxygen atoms in total. The molecule has 0 saturated carbocycles. The number of methoxy groups -OCH3 is 1. The average Bonchev–Trinajstić information content (AvgIpc) is 2.22. The van der Waals surface area contributed by atoms with Crippen LogP contribution in [-0.2, 0) is 9.47 Å². The second-order valence-electron chi connectivity index (χ2n) is 2.87. The van der Waals surface area contributed by atoms with Gasteiger partial charge in [-0.2, -0.15) is 0 Å². The Labute approximate surface area is 96.5 Å². The van der Waals surface area contributed by atoms with Crippen molar-refractivity contribution >= 4 is 27.6 Å². The number of halogens is 1. The molecule has 0 unspecified atom stereocenters. The van der Waals surface area contributed by atoms with Gasteiger partial charge in [0.1, 0.15) is 6.61 Å². The van der Waals surface area contributed by atoms with Crippen molar-refractivity contribution in [3.63, 3.8) is 0 Å². The molecular formula is C10H12BrNO3. The maximum atomic E-state index is 11.4. The quantitative estimate of drug-likeness (QED) is 0.517. The molecule has 0 aliphatic heterocycles. The maximum Gasteiger partial charge on any atom is 0.338 e. The predicted octanol–water partition coefficient (Wildman–Crippen LogP) is 1.83. The molecule has 15 heavy (non-hydrogen) atoms. The van der Waals surface area contributed by atoms with Crippen molar-refractivity contribution in [1.82, 2.24) is 0 Å². The van der Waals surface area contributed by atoms with Gasteiger partial charge in [0.2, 0.25) is 0 Å². The number of benzene rings is 1. The van der Waals surface area contributed by atoms with E-state index in [1.54, 1.807) is 25.3 Å². The monoisotopic (exact) mass is 273 g/mol. The van der Waals surface area contributed by atoms with E-state index in [0.29, 0.717) is 17.9 Å². The summed E-state index contributed by atoms with van der Waals surface area (Å²) in [5, 5.41) is 0. The van der Waals surface area contributed by atoms with Crippen LogP contribution in [0.4, 0.5) is 5.69 Å². The summed E-state index contributed by atoms with van der Waals surface area (Å²) in [7, 11) is 1.55. The summed E-state index contributed by atoms with van der Waals surface area (Å²) in [6.45, 7) is 0.628. The zero-order chi connectivity index (χ0) is 11.3. The minimum Gasteiger partial charge on any atom is -0.460 e. The van der Waals surface area contributed by atoms with Crippen molar-refractivity contribution in [2.24, 2.45) is 0 Å². The number of nitrogen functional groups attached to an aromatic ring is 1. The van der Waals surface area contributed by atoms with Gasteiger partial charge in [0.05, 0.1) is 12.2 Å². The molecule has 1 aromatic carbocycles. The number of carbonyl (C=O) groups is 1. The Morgan fingerprint density at radius 2 is 2.20 bits per heavy atom. The third-order valence-corrected chi connectivity index (χ3v) is 2.47. The predicted molar refractivity (Wildman–Crippen MR) is 60.7 cm³/mol. The van der Waals surface area contributed by atoms with E-state index in [9.17, 15) is 4.79 Å². The summed E-state index contributed by atoms with van der Waals surface area (Å²) in [4.78, 5) is 11.4. The molecule has 0 fully saturated rings. The summed E-state index contributed by atoms with van der Waals surface area (Å²) in [5.41, 5.74) is 6.58. The topological polar surface area (TPSA) is 61.5 Å². The lowest BCUT2D eigenvalue weighted by atomic mass is 10.2. The van der Waals surface area contributed by atoms with E-state index in [0.717, 1.165) is 4.47 Å². The van der Waals surface area contributed by atoms with Gasteiger partial charge in [0.15, 0.2) is 0 Å². The van der Waals surface area contributed by atoms with Gasteiger partial charge in [0, 0.05) is 17.3 Å². The fraction of sp³-hybridized carbons (Fsp3) is 0.300. The van der Waals surface area contributed by atoms with Crippen LogP contribution in [0.1, 0.15) is 10.4 Å². The fourth-order valence-electron chi connectivity index (χ4n) is 0.972. The van der Waals surface area contributed by atoms with E-state index in [1.165, 1.54) is 0 Å². The van der Waals surface area contributed by atoms with Gasteiger partial charge in [-0.05, 0) is 34.1 Å². The summed E-state index contributed by atoms with van der Waals surface area (Å²) in [5.74, 6) is -0.397. The molecule has 0 atom stereocenters. The van der Waals surface area contributed by atoms with Crippen LogP contribution < -0.4 is 5.73 Å². The van der Waals surface area contributed by atoms with Crippen LogP contribution >= 0.6 is 15.9 Å². The van der Waals surface area contributed by atoms with Crippen LogP contribution in [0, 0.1) is 0 Å². The van der Waals surface area contributed by atoms with Crippen LogP contribution in [-0.4, -0.2) is 26.3 Å². The number of anilines is 1. The van der Waals surface area contributed by atoms with E-state index in [1.807, 2.05) is 0 Å². The minimum absolute atomic E-state index is 0.241. The molecule has 0 spiro atoms. The molecule has 0 aliphatic rings. The second-order valence-corrected chi connectivity index (χ2v) is 3.72. The first kappa shape index (κ1) is 12.0. The van der Waals surface area contributed by atoms with Gasteiger partial charge >= 0.3 is 5.97 Å². The smallest absolute Gasteiger partial charge is 0.338 e. The summed E-state index contributed by atoms with van der Waals surface area (Å²) >= 11 is 3.25. The average molecular weight is 274 g/mol. The molecule has 0 bridgehead atoms. The lowest BCUT2D eigenvalue weighted by Gasteiger charge is -2.05. The number of hydrogen-bond donors (Lipinski definition) is 1. The number of rotatable bonds is 4. The highest BCUT2D eigenvalue weighted by atomic mass is 79.9. The third-order valence-electron chi connectivity index (χ3n) is 1.75. The largest absolute Gasteiger partial charge is 0.460 e. The molecule has 82 valence electrons. The van der Waals surface area contributed by atoms with Gasteiger partial charge < -0.3 is 15.2 Å². The van der Waals surface area contributed by atoms with Crippen molar-refractivity contribution in [3.8, 4) is 0 Å². The summed E-state index contributed by atoms with van der Waals surface area (Å²) in [6.07, 6.45) is 0. The lowest BCUT2D eigenvalue weighted by Crippen LogP contribution is -2.10. The van der Waals surface area contributed by atoms with Gasteiger partial charge in [-0.25, -0.2) is 4.79 Å². The molecule has 1 rings (SSSR count). The maximum absolute atomic E-state index is 11.4. The Kier molecular flexibility index (Phi) is 4.58. The highest BCUT2D eigenvalue weighted by molar-refractivity contribution is 9.10. The van der Waals surface area contributed by atoms with Crippen molar-refractivity contribution in [3.05, 3.63) is 28.2 Å². The van der Waals surface area contributed by atoms with E-state index in [-0.39, 0.29) is 6.61 Å². The molecular weight excluding hydrogens is 262 g/mol. The molecule has 1 aromatic rings. The number of hydrogen-bond acceptors (Lipinski definition) is 4. The number of ether oxygens (including phenoxy) is 2. The summed E-state index contributed by atoms with van der Waals surface area (Å²) < 4.78 is 10.5. The van der Waals surface area contributed by atoms with Crippen molar-refractivity contribution in [2.45, 2.75) is 0 Å². The Bertz CT molecular complexity index is 355. The van der Waals surface area contributed by atoms with Crippen LogP contribution in [0.15, 0.2) is 22.7 Å². The molecule has 0 radical (unpaired) electrons. The lowest BCUT2D eigenvalue weighted by molar-refractivity contribution is 0.0388. The van der Waals surface area contributed by atoms with Crippen LogP contribution in [0.5, 0.6) is 0 Å². The van der Waals surface area contributed by atoms with E-state index < -0.39 is 5.97 Å². The molecule has 0 aromatic heterocycles. The highest BCUT2D eigenvalue weighted by Crippen LogP contribution is 2.20. The molecule has 0 amide bonds. The van der Waals surface area contributed by atoms with Crippen molar-refractivity contribution in [1.29, 1.82) is 0 Å². The van der Waals surface area contributed by atoms with E-state index >= 15 is 0 Å². The molecule has 5 heteroatoms.